The van der Waals surface area contributed by atoms with Gasteiger partial charge in [-0.25, -0.2) is 14.2 Å². The molecule has 4 unspecified atom stereocenters. The maximum absolute atomic E-state index is 14.0. The highest BCUT2D eigenvalue weighted by molar-refractivity contribution is 5.83. The van der Waals surface area contributed by atoms with Gasteiger partial charge in [0.2, 0.25) is 5.91 Å². The lowest BCUT2D eigenvalue weighted by Gasteiger charge is -2.28. The number of carbonyl (C=O) groups excluding carboxylic acids is 1. The molecule has 0 aromatic heterocycles. The number of benzene rings is 1. The van der Waals surface area contributed by atoms with E-state index in [-0.39, 0.29) is 23.9 Å². The molecule has 0 radical (unpaired) electrons. The molecule has 5 nitrogen and oxygen atoms in total. The second-order valence-electron chi connectivity index (χ2n) is 6.16. The van der Waals surface area contributed by atoms with E-state index in [1.165, 1.54) is 12.1 Å². The number of hydrazine groups is 1. The van der Waals surface area contributed by atoms with Crippen molar-refractivity contribution in [2.45, 2.75) is 37.9 Å². The van der Waals surface area contributed by atoms with Crippen LogP contribution in [0.4, 0.5) is 8.78 Å². The van der Waals surface area contributed by atoms with E-state index in [0.717, 1.165) is 25.6 Å². The first-order valence-corrected chi connectivity index (χ1v) is 8.07. The number of carbonyl (C=O) groups is 1. The highest BCUT2D eigenvalue weighted by Crippen LogP contribution is 2.24. The topological polar surface area (TPSA) is 65.2 Å². The van der Waals surface area contributed by atoms with Crippen molar-refractivity contribution in [3.05, 3.63) is 35.4 Å². The first-order valence-electron chi connectivity index (χ1n) is 8.07. The number of rotatable bonds is 4. The van der Waals surface area contributed by atoms with Crippen LogP contribution in [-0.4, -0.2) is 31.1 Å². The lowest BCUT2D eigenvalue weighted by atomic mass is 9.89. The van der Waals surface area contributed by atoms with E-state index in [0.29, 0.717) is 12.0 Å². The molecule has 3 rings (SSSR count). The van der Waals surface area contributed by atoms with Gasteiger partial charge >= 0.3 is 0 Å². The molecule has 7 heteroatoms. The third-order valence-electron chi connectivity index (χ3n) is 4.73. The van der Waals surface area contributed by atoms with Gasteiger partial charge in [0.05, 0.1) is 6.04 Å². The van der Waals surface area contributed by atoms with Crippen LogP contribution in [0.5, 0.6) is 0 Å². The molecule has 2 fully saturated rings. The van der Waals surface area contributed by atoms with Crippen LogP contribution in [0.1, 0.15) is 31.4 Å². The summed E-state index contributed by atoms with van der Waals surface area (Å²) in [5.74, 6) is -1.25. The molecular formula is C16H22F2N4O. The minimum atomic E-state index is -0.633. The molecule has 23 heavy (non-hydrogen) atoms. The van der Waals surface area contributed by atoms with E-state index in [1.54, 1.807) is 0 Å². The number of halogens is 2. The summed E-state index contributed by atoms with van der Waals surface area (Å²) in [6.07, 6.45) is 1.49. The summed E-state index contributed by atoms with van der Waals surface area (Å²) < 4.78 is 27.0. The zero-order valence-electron chi connectivity index (χ0n) is 13.0. The summed E-state index contributed by atoms with van der Waals surface area (Å²) in [5.41, 5.74) is 6.52. The van der Waals surface area contributed by atoms with Crippen molar-refractivity contribution >= 4 is 5.91 Å². The average Bonchev–Trinajstić information content (AvgIpc) is 2.97. The van der Waals surface area contributed by atoms with E-state index in [4.69, 9.17) is 0 Å². The average molecular weight is 324 g/mol. The van der Waals surface area contributed by atoms with Crippen LogP contribution >= 0.6 is 0 Å². The number of amides is 1. The van der Waals surface area contributed by atoms with Crippen LogP contribution in [0.3, 0.4) is 0 Å². The minimum absolute atomic E-state index is 0.163. The highest BCUT2D eigenvalue weighted by Gasteiger charge is 2.41. The SMILES string of the molecule is CCC(NC(=O)C1NNC2CCNCC21)c1ccc(F)cc1F. The van der Waals surface area contributed by atoms with Crippen molar-refractivity contribution in [1.29, 1.82) is 0 Å². The van der Waals surface area contributed by atoms with Gasteiger partial charge in [-0.05, 0) is 25.5 Å². The van der Waals surface area contributed by atoms with Gasteiger partial charge in [-0.3, -0.25) is 10.2 Å². The standard InChI is InChI=1S/C16H22F2N4O/c1-2-13(10-4-3-9(17)7-12(10)18)20-16(23)15-11-8-19-6-5-14(11)21-22-15/h3-4,7,11,13-15,19,21-22H,2,5-6,8H2,1H3,(H,20,23). The maximum atomic E-state index is 14.0. The number of nitrogens with one attached hydrogen (secondary N) is 4. The van der Waals surface area contributed by atoms with Gasteiger partial charge in [-0.15, -0.1) is 0 Å². The molecule has 1 aromatic rings. The summed E-state index contributed by atoms with van der Waals surface area (Å²) in [4.78, 5) is 12.6. The van der Waals surface area contributed by atoms with Gasteiger partial charge in [0.1, 0.15) is 17.7 Å². The third kappa shape index (κ3) is 3.36. The Balaban J connectivity index is 1.70. The molecular weight excluding hydrogens is 302 g/mol. The van der Waals surface area contributed by atoms with Gasteiger partial charge in [0.25, 0.3) is 0 Å². The van der Waals surface area contributed by atoms with E-state index in [9.17, 15) is 13.6 Å². The molecule has 4 atom stereocenters. The lowest BCUT2D eigenvalue weighted by molar-refractivity contribution is -0.124. The van der Waals surface area contributed by atoms with Crippen LogP contribution in [0.15, 0.2) is 18.2 Å². The normalized spacial score (nSPS) is 28.2. The summed E-state index contributed by atoms with van der Waals surface area (Å²) in [6, 6.07) is 2.90. The largest absolute Gasteiger partial charge is 0.348 e. The van der Waals surface area contributed by atoms with Crippen LogP contribution < -0.4 is 21.5 Å². The summed E-state index contributed by atoms with van der Waals surface area (Å²) in [6.45, 7) is 3.56. The second kappa shape index (κ2) is 6.90. The number of fused-ring (bicyclic) bond motifs is 1. The van der Waals surface area contributed by atoms with Gasteiger partial charge in [-0.1, -0.05) is 13.0 Å². The fourth-order valence-corrected chi connectivity index (χ4v) is 3.42. The van der Waals surface area contributed by atoms with Crippen molar-refractivity contribution in [2.75, 3.05) is 13.1 Å². The molecule has 2 aliphatic rings. The van der Waals surface area contributed by atoms with E-state index in [1.807, 2.05) is 6.92 Å². The Morgan fingerprint density at radius 1 is 1.39 bits per heavy atom. The van der Waals surface area contributed by atoms with Gasteiger partial charge in [-0.2, -0.15) is 0 Å². The first kappa shape index (κ1) is 16.3. The number of hydrogen-bond donors (Lipinski definition) is 4. The van der Waals surface area contributed by atoms with Gasteiger partial charge in [0.15, 0.2) is 0 Å². The molecule has 0 spiro atoms. The third-order valence-corrected chi connectivity index (χ3v) is 4.73. The fraction of sp³-hybridized carbons (Fsp3) is 0.562. The van der Waals surface area contributed by atoms with Gasteiger partial charge < -0.3 is 10.6 Å². The predicted octanol–water partition coefficient (Wildman–Crippen LogP) is 0.987. The molecule has 1 amide bonds. The van der Waals surface area contributed by atoms with E-state index < -0.39 is 17.7 Å². The molecule has 126 valence electrons. The van der Waals surface area contributed by atoms with Crippen molar-refractivity contribution < 1.29 is 13.6 Å². The summed E-state index contributed by atoms with van der Waals surface area (Å²) >= 11 is 0. The first-order chi connectivity index (χ1) is 11.1. The smallest absolute Gasteiger partial charge is 0.239 e. The quantitative estimate of drug-likeness (QED) is 0.667. The highest BCUT2D eigenvalue weighted by atomic mass is 19.1. The van der Waals surface area contributed by atoms with Crippen molar-refractivity contribution in [3.63, 3.8) is 0 Å². The Morgan fingerprint density at radius 2 is 2.22 bits per heavy atom. The van der Waals surface area contributed by atoms with Crippen LogP contribution in [0.25, 0.3) is 0 Å². The Bertz CT molecular complexity index is 583. The maximum Gasteiger partial charge on any atom is 0.239 e. The van der Waals surface area contributed by atoms with Crippen LogP contribution in [0, 0.1) is 17.6 Å². The molecule has 0 bridgehead atoms. The Morgan fingerprint density at radius 3 is 2.96 bits per heavy atom. The zero-order valence-corrected chi connectivity index (χ0v) is 13.0. The minimum Gasteiger partial charge on any atom is -0.348 e. The number of piperidine rings is 1. The molecule has 1 aromatic carbocycles. The Hall–Kier alpha value is -1.57. The second-order valence-corrected chi connectivity index (χ2v) is 6.16. The van der Waals surface area contributed by atoms with Crippen molar-refractivity contribution in [1.82, 2.24) is 21.5 Å². The molecule has 0 saturated carbocycles. The van der Waals surface area contributed by atoms with Crippen molar-refractivity contribution in [2.24, 2.45) is 5.92 Å². The molecule has 2 aliphatic heterocycles. The number of hydrogen-bond acceptors (Lipinski definition) is 4. The fourth-order valence-electron chi connectivity index (χ4n) is 3.42. The lowest BCUT2D eigenvalue weighted by Crippen LogP contribution is -2.50. The van der Waals surface area contributed by atoms with Crippen LogP contribution in [0.2, 0.25) is 0 Å². The van der Waals surface area contributed by atoms with Gasteiger partial charge in [0, 0.05) is 30.1 Å². The molecule has 4 N–H and O–H groups in total. The Labute approximate surface area is 134 Å². The Kier molecular flexibility index (Phi) is 4.89. The summed E-state index contributed by atoms with van der Waals surface area (Å²) in [7, 11) is 0. The van der Waals surface area contributed by atoms with E-state index >= 15 is 0 Å². The van der Waals surface area contributed by atoms with Crippen molar-refractivity contribution in [3.8, 4) is 0 Å². The van der Waals surface area contributed by atoms with Crippen LogP contribution in [-0.2, 0) is 4.79 Å². The monoisotopic (exact) mass is 324 g/mol. The predicted molar refractivity (Wildman–Crippen MR) is 82.4 cm³/mol. The molecule has 2 saturated heterocycles. The summed E-state index contributed by atoms with van der Waals surface area (Å²) in [5, 5.41) is 6.18. The molecule has 0 aliphatic carbocycles. The zero-order chi connectivity index (χ0) is 16.4. The molecule has 2 heterocycles. The van der Waals surface area contributed by atoms with E-state index in [2.05, 4.69) is 21.5 Å².